The van der Waals surface area contributed by atoms with Crippen LogP contribution in [0.25, 0.3) is 11.3 Å². The standard InChI is InChI=1S/C27H34ClN5O/c1-3-33(23-10-13-29-14-11-23)19-21-5-4-6-22(17-21)25-12-16-31-27(32-25)30-15-9-20-7-8-26(34-2)24(28)18-20/h4-8,12,16-18,23,29H,3,9-11,13-15,19H2,1-2H3,(H,30,31,32). The van der Waals surface area contributed by atoms with E-state index in [1.807, 2.05) is 30.5 Å². The van der Waals surface area contributed by atoms with E-state index >= 15 is 0 Å². The highest BCUT2D eigenvalue weighted by Crippen LogP contribution is 2.25. The normalized spacial score (nSPS) is 14.4. The Morgan fingerprint density at radius 3 is 2.74 bits per heavy atom. The molecule has 1 aliphatic heterocycles. The number of benzene rings is 2. The van der Waals surface area contributed by atoms with Crippen LogP contribution in [-0.4, -0.2) is 54.2 Å². The summed E-state index contributed by atoms with van der Waals surface area (Å²) < 4.78 is 5.22. The van der Waals surface area contributed by atoms with E-state index in [0.29, 0.717) is 29.3 Å². The molecule has 6 nitrogen and oxygen atoms in total. The number of hydrogen-bond donors (Lipinski definition) is 2. The lowest BCUT2D eigenvalue weighted by molar-refractivity contribution is 0.162. The lowest BCUT2D eigenvalue weighted by Crippen LogP contribution is -2.42. The van der Waals surface area contributed by atoms with Crippen molar-refractivity contribution in [2.24, 2.45) is 0 Å². The predicted octanol–water partition coefficient (Wildman–Crippen LogP) is 5.03. The van der Waals surface area contributed by atoms with Crippen LogP contribution >= 0.6 is 11.6 Å². The fourth-order valence-corrected chi connectivity index (χ4v) is 4.80. The zero-order chi connectivity index (χ0) is 23.8. The van der Waals surface area contributed by atoms with Gasteiger partial charge < -0.3 is 15.4 Å². The van der Waals surface area contributed by atoms with Gasteiger partial charge in [-0.05, 0) is 74.3 Å². The smallest absolute Gasteiger partial charge is 0.223 e. The maximum Gasteiger partial charge on any atom is 0.223 e. The van der Waals surface area contributed by atoms with Crippen molar-refractivity contribution >= 4 is 17.5 Å². The van der Waals surface area contributed by atoms with Gasteiger partial charge in [0.25, 0.3) is 0 Å². The fraction of sp³-hybridized carbons (Fsp3) is 0.407. The van der Waals surface area contributed by atoms with Gasteiger partial charge in [-0.3, -0.25) is 4.90 Å². The van der Waals surface area contributed by atoms with Gasteiger partial charge in [0, 0.05) is 30.9 Å². The van der Waals surface area contributed by atoms with Crippen molar-refractivity contribution in [3.63, 3.8) is 0 Å². The Balaban J connectivity index is 1.38. The van der Waals surface area contributed by atoms with E-state index < -0.39 is 0 Å². The summed E-state index contributed by atoms with van der Waals surface area (Å²) in [7, 11) is 1.62. The summed E-state index contributed by atoms with van der Waals surface area (Å²) >= 11 is 6.24. The summed E-state index contributed by atoms with van der Waals surface area (Å²) in [6, 6.07) is 17.2. The zero-order valence-electron chi connectivity index (χ0n) is 20.1. The third-order valence-corrected chi connectivity index (χ3v) is 6.70. The molecule has 2 aromatic carbocycles. The van der Waals surface area contributed by atoms with Crippen molar-refractivity contribution in [3.8, 4) is 17.0 Å². The Morgan fingerprint density at radius 2 is 1.97 bits per heavy atom. The van der Waals surface area contributed by atoms with Crippen LogP contribution in [0, 0.1) is 0 Å². The quantitative estimate of drug-likeness (QED) is 0.425. The minimum atomic E-state index is 0.625. The third-order valence-electron chi connectivity index (χ3n) is 6.41. The number of aromatic nitrogens is 2. The number of methoxy groups -OCH3 is 1. The summed E-state index contributed by atoms with van der Waals surface area (Å²) in [6.45, 7) is 7.24. The van der Waals surface area contributed by atoms with Gasteiger partial charge in [0.15, 0.2) is 0 Å². The summed E-state index contributed by atoms with van der Waals surface area (Å²) in [6.07, 6.45) is 5.07. The molecule has 0 bridgehead atoms. The van der Waals surface area contributed by atoms with Gasteiger partial charge >= 0.3 is 0 Å². The molecule has 0 radical (unpaired) electrons. The molecule has 180 valence electrons. The molecule has 3 aromatic rings. The molecule has 1 aliphatic rings. The number of rotatable bonds is 10. The molecule has 1 aromatic heterocycles. The second kappa shape index (κ2) is 12.2. The highest BCUT2D eigenvalue weighted by Gasteiger charge is 2.19. The first-order valence-corrected chi connectivity index (χ1v) is 12.5. The first kappa shape index (κ1) is 24.5. The summed E-state index contributed by atoms with van der Waals surface area (Å²) in [5, 5.41) is 7.43. The molecule has 2 heterocycles. The van der Waals surface area contributed by atoms with Crippen LogP contribution in [0.2, 0.25) is 5.02 Å². The lowest BCUT2D eigenvalue weighted by atomic mass is 10.0. The van der Waals surface area contributed by atoms with Crippen LogP contribution in [0.3, 0.4) is 0 Å². The van der Waals surface area contributed by atoms with Gasteiger partial charge in [0.1, 0.15) is 5.75 Å². The molecule has 0 atom stereocenters. The number of halogens is 1. The van der Waals surface area contributed by atoms with E-state index in [9.17, 15) is 0 Å². The average Bonchev–Trinajstić information content (AvgIpc) is 2.88. The number of nitrogens with one attached hydrogen (secondary N) is 2. The van der Waals surface area contributed by atoms with Crippen LogP contribution in [-0.2, 0) is 13.0 Å². The maximum absolute atomic E-state index is 6.24. The maximum atomic E-state index is 6.24. The first-order chi connectivity index (χ1) is 16.7. The Labute approximate surface area is 207 Å². The van der Waals surface area contributed by atoms with Crippen LogP contribution < -0.4 is 15.4 Å². The second-order valence-electron chi connectivity index (χ2n) is 8.66. The van der Waals surface area contributed by atoms with Crippen molar-refractivity contribution in [2.45, 2.75) is 38.8 Å². The van der Waals surface area contributed by atoms with E-state index in [0.717, 1.165) is 49.4 Å². The molecule has 0 unspecified atom stereocenters. The summed E-state index contributed by atoms with van der Waals surface area (Å²) in [4.78, 5) is 11.8. The number of piperidine rings is 1. The topological polar surface area (TPSA) is 62.3 Å². The number of anilines is 1. The highest BCUT2D eigenvalue weighted by molar-refractivity contribution is 6.32. The van der Waals surface area contributed by atoms with E-state index in [4.69, 9.17) is 21.3 Å². The third kappa shape index (κ3) is 6.47. The van der Waals surface area contributed by atoms with Crippen LogP contribution in [0.4, 0.5) is 5.95 Å². The molecule has 2 N–H and O–H groups in total. The zero-order valence-corrected chi connectivity index (χ0v) is 20.8. The van der Waals surface area contributed by atoms with E-state index in [1.54, 1.807) is 7.11 Å². The molecule has 0 amide bonds. The summed E-state index contributed by atoms with van der Waals surface area (Å²) in [5.74, 6) is 1.32. The van der Waals surface area contributed by atoms with E-state index in [2.05, 4.69) is 51.7 Å². The predicted molar refractivity (Wildman–Crippen MR) is 140 cm³/mol. The SMILES string of the molecule is CCN(Cc1cccc(-c2ccnc(NCCc3ccc(OC)c(Cl)c3)n2)c1)C1CCNCC1. The average molecular weight is 480 g/mol. The Hall–Kier alpha value is -2.67. The van der Waals surface area contributed by atoms with Gasteiger partial charge in [-0.2, -0.15) is 0 Å². The lowest BCUT2D eigenvalue weighted by Gasteiger charge is -2.34. The molecule has 0 saturated carbocycles. The second-order valence-corrected chi connectivity index (χ2v) is 9.06. The molecule has 4 rings (SSSR count). The summed E-state index contributed by atoms with van der Waals surface area (Å²) in [5.41, 5.74) is 4.50. The van der Waals surface area contributed by atoms with Crippen molar-refractivity contribution < 1.29 is 4.74 Å². The Morgan fingerprint density at radius 1 is 1.12 bits per heavy atom. The van der Waals surface area contributed by atoms with E-state index in [-0.39, 0.29) is 0 Å². The molecular weight excluding hydrogens is 446 g/mol. The van der Waals surface area contributed by atoms with Gasteiger partial charge in [0.05, 0.1) is 17.8 Å². The van der Waals surface area contributed by atoms with Crippen LogP contribution in [0.5, 0.6) is 5.75 Å². The van der Waals surface area contributed by atoms with Crippen molar-refractivity contribution in [3.05, 3.63) is 70.9 Å². The highest BCUT2D eigenvalue weighted by atomic mass is 35.5. The monoisotopic (exact) mass is 479 g/mol. The minimum Gasteiger partial charge on any atom is -0.495 e. The van der Waals surface area contributed by atoms with Crippen LogP contribution in [0.1, 0.15) is 30.9 Å². The molecule has 7 heteroatoms. The first-order valence-electron chi connectivity index (χ1n) is 12.1. The largest absolute Gasteiger partial charge is 0.495 e. The molecule has 1 fully saturated rings. The van der Waals surface area contributed by atoms with Gasteiger partial charge in [-0.1, -0.05) is 42.8 Å². The van der Waals surface area contributed by atoms with Gasteiger partial charge in [-0.25, -0.2) is 9.97 Å². The van der Waals surface area contributed by atoms with Crippen molar-refractivity contribution in [2.75, 3.05) is 38.6 Å². The molecule has 0 spiro atoms. The fourth-order valence-electron chi connectivity index (χ4n) is 4.52. The molecule has 1 saturated heterocycles. The van der Waals surface area contributed by atoms with Gasteiger partial charge in [0.2, 0.25) is 5.95 Å². The van der Waals surface area contributed by atoms with Crippen molar-refractivity contribution in [1.29, 1.82) is 0 Å². The molecule has 0 aliphatic carbocycles. The Kier molecular flexibility index (Phi) is 8.74. The number of ether oxygens (including phenoxy) is 1. The Bertz CT molecular complexity index is 1070. The number of hydrogen-bond acceptors (Lipinski definition) is 6. The van der Waals surface area contributed by atoms with Gasteiger partial charge in [-0.15, -0.1) is 0 Å². The number of nitrogens with zero attached hydrogens (tertiary/aromatic N) is 3. The van der Waals surface area contributed by atoms with Crippen molar-refractivity contribution in [1.82, 2.24) is 20.2 Å². The molecule has 34 heavy (non-hydrogen) atoms. The molecular formula is C27H34ClN5O. The van der Waals surface area contributed by atoms with E-state index in [1.165, 1.54) is 18.4 Å². The van der Waals surface area contributed by atoms with Crippen LogP contribution in [0.15, 0.2) is 54.7 Å². The minimum absolute atomic E-state index is 0.625.